The van der Waals surface area contributed by atoms with Crippen LogP contribution in [0.15, 0.2) is 22.7 Å². The average Bonchev–Trinajstić information content (AvgIpc) is 2.26. The summed E-state index contributed by atoms with van der Waals surface area (Å²) in [4.78, 5) is 19.0. The van der Waals surface area contributed by atoms with Crippen molar-refractivity contribution in [2.45, 2.75) is 6.92 Å². The van der Waals surface area contributed by atoms with E-state index in [-0.39, 0.29) is 6.54 Å². The highest BCUT2D eigenvalue weighted by Crippen LogP contribution is 2.24. The number of carboxylic acid groups (broad SMARTS) is 1. The smallest absolute Gasteiger partial charge is 0.322 e. The maximum atomic E-state index is 10.5. The molecular formula is C11H10BrN3O2. The summed E-state index contributed by atoms with van der Waals surface area (Å²) in [6, 6.07) is 5.61. The molecule has 0 aliphatic rings. The Labute approximate surface area is 106 Å². The number of aryl methyl sites for hydroxylation is 1. The molecule has 0 bridgehead atoms. The fourth-order valence-electron chi connectivity index (χ4n) is 1.51. The highest BCUT2D eigenvalue weighted by molar-refractivity contribution is 9.10. The number of anilines is 1. The largest absolute Gasteiger partial charge is 0.480 e. The summed E-state index contributed by atoms with van der Waals surface area (Å²) < 4.78 is 0.899. The molecule has 0 saturated heterocycles. The van der Waals surface area contributed by atoms with Crippen LogP contribution in [0, 0.1) is 6.92 Å². The van der Waals surface area contributed by atoms with Crippen LogP contribution < -0.4 is 5.32 Å². The van der Waals surface area contributed by atoms with Gasteiger partial charge in [0.15, 0.2) is 0 Å². The van der Waals surface area contributed by atoms with Crippen molar-refractivity contribution in [3.05, 3.63) is 28.5 Å². The van der Waals surface area contributed by atoms with Crippen molar-refractivity contribution < 1.29 is 9.90 Å². The average molecular weight is 296 g/mol. The van der Waals surface area contributed by atoms with Gasteiger partial charge in [0.05, 0.1) is 5.52 Å². The maximum absolute atomic E-state index is 10.5. The van der Waals surface area contributed by atoms with Gasteiger partial charge < -0.3 is 10.4 Å². The SMILES string of the molecule is Cc1nc(NCC(=O)O)c2cc(Br)ccc2n1. The van der Waals surface area contributed by atoms with E-state index in [2.05, 4.69) is 31.2 Å². The number of nitrogens with one attached hydrogen (secondary N) is 1. The van der Waals surface area contributed by atoms with Gasteiger partial charge >= 0.3 is 5.97 Å². The third kappa shape index (κ3) is 2.71. The molecule has 0 radical (unpaired) electrons. The Bertz CT molecular complexity index is 586. The zero-order valence-corrected chi connectivity index (χ0v) is 10.7. The van der Waals surface area contributed by atoms with Crippen molar-refractivity contribution >= 4 is 38.6 Å². The van der Waals surface area contributed by atoms with Crippen LogP contribution in [-0.2, 0) is 4.79 Å². The molecule has 5 nitrogen and oxygen atoms in total. The van der Waals surface area contributed by atoms with Gasteiger partial charge in [-0.15, -0.1) is 0 Å². The van der Waals surface area contributed by atoms with Crippen molar-refractivity contribution in [2.24, 2.45) is 0 Å². The summed E-state index contributed by atoms with van der Waals surface area (Å²) in [7, 11) is 0. The zero-order valence-electron chi connectivity index (χ0n) is 9.07. The van der Waals surface area contributed by atoms with Gasteiger partial charge in [-0.3, -0.25) is 4.79 Å². The molecule has 6 heteroatoms. The van der Waals surface area contributed by atoms with E-state index in [9.17, 15) is 4.79 Å². The number of fused-ring (bicyclic) bond motifs is 1. The molecule has 0 fully saturated rings. The van der Waals surface area contributed by atoms with Crippen LogP contribution in [0.3, 0.4) is 0 Å². The number of hydrogen-bond acceptors (Lipinski definition) is 4. The Morgan fingerprint density at radius 1 is 1.47 bits per heavy atom. The monoisotopic (exact) mass is 295 g/mol. The van der Waals surface area contributed by atoms with Gasteiger partial charge in [0.25, 0.3) is 0 Å². The van der Waals surface area contributed by atoms with E-state index in [0.717, 1.165) is 15.4 Å². The number of rotatable bonds is 3. The molecule has 0 atom stereocenters. The van der Waals surface area contributed by atoms with Gasteiger partial charge in [0.1, 0.15) is 18.2 Å². The number of carboxylic acids is 1. The molecule has 17 heavy (non-hydrogen) atoms. The van der Waals surface area contributed by atoms with Gasteiger partial charge in [-0.2, -0.15) is 0 Å². The fraction of sp³-hybridized carbons (Fsp3) is 0.182. The topological polar surface area (TPSA) is 75.1 Å². The number of hydrogen-bond donors (Lipinski definition) is 2. The summed E-state index contributed by atoms with van der Waals surface area (Å²) in [5.41, 5.74) is 0.786. The molecule has 2 rings (SSSR count). The van der Waals surface area contributed by atoms with Crippen LogP contribution in [0.5, 0.6) is 0 Å². The standard InChI is InChI=1S/C11H10BrN3O2/c1-6-14-9-3-2-7(12)4-8(9)11(15-6)13-5-10(16)17/h2-4H,5H2,1H3,(H,16,17)(H,13,14,15). The molecule has 88 valence electrons. The summed E-state index contributed by atoms with van der Waals surface area (Å²) in [5.74, 6) is 0.216. The molecule has 0 amide bonds. The molecule has 0 aliphatic heterocycles. The molecule has 2 N–H and O–H groups in total. The molecular weight excluding hydrogens is 286 g/mol. The minimum atomic E-state index is -0.926. The normalized spacial score (nSPS) is 10.5. The quantitative estimate of drug-likeness (QED) is 0.908. The summed E-state index contributed by atoms with van der Waals surface area (Å²) in [5, 5.41) is 12.2. The second-order valence-corrected chi connectivity index (χ2v) is 4.44. The highest BCUT2D eigenvalue weighted by atomic mass is 79.9. The molecule has 0 spiro atoms. The van der Waals surface area contributed by atoms with Crippen molar-refractivity contribution in [3.8, 4) is 0 Å². The molecule has 1 aromatic heterocycles. The predicted octanol–water partition coefficient (Wildman–Crippen LogP) is 2.20. The van der Waals surface area contributed by atoms with E-state index in [0.29, 0.717) is 11.6 Å². The number of halogens is 1. The minimum absolute atomic E-state index is 0.169. The Hall–Kier alpha value is -1.69. The second kappa shape index (κ2) is 4.67. The molecule has 2 aromatic rings. The van der Waals surface area contributed by atoms with Crippen LogP contribution in [0.1, 0.15) is 5.82 Å². The first-order valence-electron chi connectivity index (χ1n) is 4.96. The first-order chi connectivity index (χ1) is 8.06. The van der Waals surface area contributed by atoms with Crippen LogP contribution in [0.4, 0.5) is 5.82 Å². The lowest BCUT2D eigenvalue weighted by Crippen LogP contribution is -2.14. The van der Waals surface area contributed by atoms with Crippen LogP contribution in [0.25, 0.3) is 10.9 Å². The van der Waals surface area contributed by atoms with Gasteiger partial charge in [0, 0.05) is 9.86 Å². The second-order valence-electron chi connectivity index (χ2n) is 3.53. The van der Waals surface area contributed by atoms with Crippen molar-refractivity contribution in [2.75, 3.05) is 11.9 Å². The third-order valence-electron chi connectivity index (χ3n) is 2.18. The first kappa shape index (κ1) is 11.8. The Kier molecular flexibility index (Phi) is 3.23. The molecule has 0 unspecified atom stereocenters. The maximum Gasteiger partial charge on any atom is 0.322 e. The summed E-state index contributed by atoms with van der Waals surface area (Å²) >= 11 is 3.37. The summed E-state index contributed by atoms with van der Waals surface area (Å²) in [6.07, 6.45) is 0. The molecule has 0 aliphatic carbocycles. The van der Waals surface area contributed by atoms with Gasteiger partial charge in [-0.05, 0) is 25.1 Å². The number of aliphatic carboxylic acids is 1. The summed E-state index contributed by atoms with van der Waals surface area (Å²) in [6.45, 7) is 1.60. The molecule has 1 aromatic carbocycles. The Morgan fingerprint density at radius 2 is 2.24 bits per heavy atom. The van der Waals surface area contributed by atoms with Gasteiger partial charge in [-0.25, -0.2) is 9.97 Å². The lowest BCUT2D eigenvalue weighted by Gasteiger charge is -2.08. The van der Waals surface area contributed by atoms with Crippen molar-refractivity contribution in [3.63, 3.8) is 0 Å². The molecule has 0 saturated carbocycles. The van der Waals surface area contributed by atoms with Gasteiger partial charge in [0.2, 0.25) is 0 Å². The van der Waals surface area contributed by atoms with Crippen molar-refractivity contribution in [1.82, 2.24) is 9.97 Å². The highest BCUT2D eigenvalue weighted by Gasteiger charge is 2.07. The Morgan fingerprint density at radius 3 is 2.94 bits per heavy atom. The number of aromatic nitrogens is 2. The van der Waals surface area contributed by atoms with E-state index in [4.69, 9.17) is 5.11 Å². The lowest BCUT2D eigenvalue weighted by atomic mass is 10.2. The lowest BCUT2D eigenvalue weighted by molar-refractivity contribution is -0.134. The first-order valence-corrected chi connectivity index (χ1v) is 5.75. The van der Waals surface area contributed by atoms with E-state index in [1.54, 1.807) is 6.92 Å². The predicted molar refractivity (Wildman–Crippen MR) is 68.1 cm³/mol. The van der Waals surface area contributed by atoms with Crippen LogP contribution in [0.2, 0.25) is 0 Å². The zero-order chi connectivity index (χ0) is 12.4. The Balaban J connectivity index is 2.51. The number of benzene rings is 1. The molecule has 1 heterocycles. The third-order valence-corrected chi connectivity index (χ3v) is 2.67. The number of carbonyl (C=O) groups is 1. The van der Waals surface area contributed by atoms with Crippen molar-refractivity contribution in [1.29, 1.82) is 0 Å². The van der Waals surface area contributed by atoms with Crippen LogP contribution >= 0.6 is 15.9 Å². The van der Waals surface area contributed by atoms with E-state index < -0.39 is 5.97 Å². The number of nitrogens with zero attached hydrogens (tertiary/aromatic N) is 2. The van der Waals surface area contributed by atoms with Crippen LogP contribution in [-0.4, -0.2) is 27.6 Å². The van der Waals surface area contributed by atoms with E-state index >= 15 is 0 Å². The van der Waals surface area contributed by atoms with E-state index in [1.807, 2.05) is 18.2 Å². The van der Waals surface area contributed by atoms with E-state index in [1.165, 1.54) is 0 Å². The fourth-order valence-corrected chi connectivity index (χ4v) is 1.87. The minimum Gasteiger partial charge on any atom is -0.480 e. The van der Waals surface area contributed by atoms with Gasteiger partial charge in [-0.1, -0.05) is 15.9 Å².